The third kappa shape index (κ3) is 4.00. The predicted octanol–water partition coefficient (Wildman–Crippen LogP) is 3.37. The summed E-state index contributed by atoms with van der Waals surface area (Å²) in [4.78, 5) is 2.30. The molecule has 124 valence electrons. The number of rotatable bonds is 5. The zero-order valence-corrected chi connectivity index (χ0v) is 14.5. The minimum absolute atomic E-state index is 0.214. The lowest BCUT2D eigenvalue weighted by Crippen LogP contribution is -2.40. The number of likely N-dealkylation sites (tertiary alicyclic amines) is 1. The van der Waals surface area contributed by atoms with Crippen molar-refractivity contribution in [1.82, 2.24) is 4.90 Å². The molecule has 1 saturated heterocycles. The number of sulfone groups is 1. The van der Waals surface area contributed by atoms with Crippen LogP contribution in [0.25, 0.3) is 0 Å². The van der Waals surface area contributed by atoms with E-state index in [2.05, 4.69) is 4.90 Å². The van der Waals surface area contributed by atoms with Crippen molar-refractivity contribution in [3.8, 4) is 0 Å². The largest absolute Gasteiger partial charge is 0.303 e. The van der Waals surface area contributed by atoms with Crippen molar-refractivity contribution in [1.29, 1.82) is 0 Å². The zero-order chi connectivity index (χ0) is 16.3. The summed E-state index contributed by atoms with van der Waals surface area (Å²) < 4.78 is 38.4. The molecule has 1 aliphatic heterocycles. The lowest BCUT2D eigenvalue weighted by atomic mass is 10.1. The first-order valence-electron chi connectivity index (χ1n) is 7.80. The fraction of sp³-hybridized carbons (Fsp3) is 0.412. The fourth-order valence-electron chi connectivity index (χ4n) is 2.97. The Kier molecular flexibility index (Phi) is 5.14. The summed E-state index contributed by atoms with van der Waals surface area (Å²) >= 11 is 1.30. The van der Waals surface area contributed by atoms with E-state index >= 15 is 0 Å². The van der Waals surface area contributed by atoms with Crippen LogP contribution in [0.2, 0.25) is 0 Å². The lowest BCUT2D eigenvalue weighted by molar-refractivity contribution is 0.232. The molecule has 3 nitrogen and oxygen atoms in total. The van der Waals surface area contributed by atoms with Crippen molar-refractivity contribution in [3.05, 3.63) is 53.2 Å². The molecule has 0 bridgehead atoms. The number of hydrogen-bond acceptors (Lipinski definition) is 4. The monoisotopic (exact) mass is 353 g/mol. The van der Waals surface area contributed by atoms with E-state index in [4.69, 9.17) is 0 Å². The van der Waals surface area contributed by atoms with Gasteiger partial charge in [-0.3, -0.25) is 0 Å². The minimum atomic E-state index is -3.16. The van der Waals surface area contributed by atoms with Crippen molar-refractivity contribution >= 4 is 21.2 Å². The molecule has 0 amide bonds. The Labute approximate surface area is 140 Å². The summed E-state index contributed by atoms with van der Waals surface area (Å²) in [7, 11) is -3.16. The molecule has 0 radical (unpaired) electrons. The van der Waals surface area contributed by atoms with Crippen molar-refractivity contribution in [3.63, 3.8) is 0 Å². The van der Waals surface area contributed by atoms with E-state index in [0.717, 1.165) is 31.6 Å². The van der Waals surface area contributed by atoms with Crippen LogP contribution in [0.3, 0.4) is 0 Å². The molecule has 0 spiro atoms. The molecule has 0 aliphatic carbocycles. The van der Waals surface area contributed by atoms with E-state index in [-0.39, 0.29) is 11.1 Å². The first-order chi connectivity index (χ1) is 11.1. The fourth-order valence-corrected chi connectivity index (χ4v) is 5.96. The van der Waals surface area contributed by atoms with E-state index in [1.165, 1.54) is 23.5 Å². The SMILES string of the molecule is O=S(=O)(c1cccs1)C1CCN(CCc2ccc(F)cc2)CC1. The number of benzene rings is 1. The quantitative estimate of drug-likeness (QED) is 0.827. The second-order valence-electron chi connectivity index (χ2n) is 5.89. The number of halogens is 1. The summed E-state index contributed by atoms with van der Waals surface area (Å²) in [5.41, 5.74) is 1.11. The molecule has 23 heavy (non-hydrogen) atoms. The van der Waals surface area contributed by atoms with Crippen LogP contribution in [0.15, 0.2) is 46.0 Å². The average Bonchev–Trinajstić information content (AvgIpc) is 3.10. The maximum Gasteiger partial charge on any atom is 0.190 e. The first kappa shape index (κ1) is 16.6. The van der Waals surface area contributed by atoms with Crippen LogP contribution in [-0.4, -0.2) is 38.2 Å². The molecular formula is C17H20FNO2S2. The molecule has 6 heteroatoms. The Bertz CT molecular complexity index is 718. The number of nitrogens with zero attached hydrogens (tertiary/aromatic N) is 1. The van der Waals surface area contributed by atoms with Gasteiger partial charge < -0.3 is 4.90 Å². The van der Waals surface area contributed by atoms with Gasteiger partial charge in [0.25, 0.3) is 0 Å². The van der Waals surface area contributed by atoms with E-state index < -0.39 is 9.84 Å². The van der Waals surface area contributed by atoms with Gasteiger partial charge in [0, 0.05) is 6.54 Å². The molecule has 0 unspecified atom stereocenters. The second-order valence-corrected chi connectivity index (χ2v) is 9.30. The molecule has 0 atom stereocenters. The number of hydrogen-bond donors (Lipinski definition) is 0. The van der Waals surface area contributed by atoms with Gasteiger partial charge in [-0.05, 0) is 61.5 Å². The van der Waals surface area contributed by atoms with Crippen LogP contribution in [0.4, 0.5) is 4.39 Å². The van der Waals surface area contributed by atoms with Gasteiger partial charge in [0.1, 0.15) is 10.0 Å². The van der Waals surface area contributed by atoms with Gasteiger partial charge in [0.05, 0.1) is 5.25 Å². The molecule has 2 aromatic rings. The van der Waals surface area contributed by atoms with Crippen LogP contribution < -0.4 is 0 Å². The summed E-state index contributed by atoms with van der Waals surface area (Å²) in [6.45, 7) is 2.49. The molecule has 1 fully saturated rings. The highest BCUT2D eigenvalue weighted by Crippen LogP contribution is 2.27. The molecule has 1 aliphatic rings. The lowest BCUT2D eigenvalue weighted by Gasteiger charge is -2.31. The molecule has 1 aromatic heterocycles. The Morgan fingerprint density at radius 2 is 1.83 bits per heavy atom. The van der Waals surface area contributed by atoms with Gasteiger partial charge in [0.2, 0.25) is 0 Å². The number of thiophene rings is 1. The topological polar surface area (TPSA) is 37.4 Å². The van der Waals surface area contributed by atoms with Crippen LogP contribution in [0.5, 0.6) is 0 Å². The van der Waals surface area contributed by atoms with E-state index in [1.807, 2.05) is 17.5 Å². The summed E-state index contributed by atoms with van der Waals surface area (Å²) in [6, 6.07) is 10.1. The summed E-state index contributed by atoms with van der Waals surface area (Å²) in [5.74, 6) is -0.214. The van der Waals surface area contributed by atoms with Gasteiger partial charge in [-0.25, -0.2) is 12.8 Å². The Morgan fingerprint density at radius 1 is 1.13 bits per heavy atom. The van der Waals surface area contributed by atoms with E-state index in [9.17, 15) is 12.8 Å². The summed E-state index contributed by atoms with van der Waals surface area (Å²) in [5, 5.41) is 1.55. The second kappa shape index (κ2) is 7.11. The van der Waals surface area contributed by atoms with E-state index in [0.29, 0.717) is 17.1 Å². The van der Waals surface area contributed by atoms with Crippen LogP contribution in [0, 0.1) is 5.82 Å². The highest BCUT2D eigenvalue weighted by Gasteiger charge is 2.31. The van der Waals surface area contributed by atoms with E-state index in [1.54, 1.807) is 12.1 Å². The molecule has 0 saturated carbocycles. The number of piperidine rings is 1. The van der Waals surface area contributed by atoms with Gasteiger partial charge in [-0.2, -0.15) is 0 Å². The Morgan fingerprint density at radius 3 is 2.43 bits per heavy atom. The van der Waals surface area contributed by atoms with Crippen molar-refractivity contribution in [2.75, 3.05) is 19.6 Å². The zero-order valence-electron chi connectivity index (χ0n) is 12.8. The normalized spacial score (nSPS) is 17.4. The highest BCUT2D eigenvalue weighted by atomic mass is 32.2. The summed E-state index contributed by atoms with van der Waals surface area (Å²) in [6.07, 6.45) is 2.23. The van der Waals surface area contributed by atoms with Crippen LogP contribution in [-0.2, 0) is 16.3 Å². The van der Waals surface area contributed by atoms with Gasteiger partial charge in [-0.15, -0.1) is 11.3 Å². The molecule has 1 aromatic carbocycles. The predicted molar refractivity (Wildman–Crippen MR) is 91.1 cm³/mol. The van der Waals surface area contributed by atoms with Crippen LogP contribution >= 0.6 is 11.3 Å². The van der Waals surface area contributed by atoms with Gasteiger partial charge in [-0.1, -0.05) is 18.2 Å². The van der Waals surface area contributed by atoms with Crippen molar-refractivity contribution in [2.24, 2.45) is 0 Å². The molecular weight excluding hydrogens is 333 g/mol. The molecule has 2 heterocycles. The standard InChI is InChI=1S/C17H20FNO2S2/c18-15-5-3-14(4-6-15)7-10-19-11-8-16(9-12-19)23(20,21)17-2-1-13-22-17/h1-6,13,16H,7-12H2. The van der Waals surface area contributed by atoms with Crippen molar-refractivity contribution < 1.29 is 12.8 Å². The Hall–Kier alpha value is -1.24. The minimum Gasteiger partial charge on any atom is -0.303 e. The third-order valence-electron chi connectivity index (χ3n) is 4.38. The smallest absolute Gasteiger partial charge is 0.190 e. The van der Waals surface area contributed by atoms with Gasteiger partial charge >= 0.3 is 0 Å². The molecule has 0 N–H and O–H groups in total. The average molecular weight is 353 g/mol. The maximum atomic E-state index is 12.9. The van der Waals surface area contributed by atoms with Crippen molar-refractivity contribution in [2.45, 2.75) is 28.7 Å². The Balaban J connectivity index is 1.51. The third-order valence-corrected chi connectivity index (χ3v) is 8.07. The van der Waals surface area contributed by atoms with Gasteiger partial charge in [0.15, 0.2) is 9.84 Å². The highest BCUT2D eigenvalue weighted by molar-refractivity contribution is 7.94. The van der Waals surface area contributed by atoms with Crippen LogP contribution in [0.1, 0.15) is 18.4 Å². The maximum absolute atomic E-state index is 12.9. The molecule has 3 rings (SSSR count). The first-order valence-corrected chi connectivity index (χ1v) is 10.2.